The van der Waals surface area contributed by atoms with Crippen molar-refractivity contribution in [3.8, 4) is 5.75 Å². The summed E-state index contributed by atoms with van der Waals surface area (Å²) in [7, 11) is 0. The van der Waals surface area contributed by atoms with Crippen LogP contribution in [-0.2, 0) is 19.0 Å². The van der Waals surface area contributed by atoms with E-state index < -0.39 is 18.3 Å². The normalized spacial score (nSPS) is 25.9. The van der Waals surface area contributed by atoms with Gasteiger partial charge in [0.1, 0.15) is 11.6 Å². The molecule has 2 aliphatic carbocycles. The summed E-state index contributed by atoms with van der Waals surface area (Å²) in [6.07, 6.45) is -3.93. The summed E-state index contributed by atoms with van der Waals surface area (Å²) in [6, 6.07) is 3.90. The number of amides is 1. The molecule has 3 rings (SSSR count). The van der Waals surface area contributed by atoms with E-state index >= 15 is 0 Å². The van der Waals surface area contributed by atoms with E-state index in [1.54, 1.807) is 0 Å². The highest BCUT2D eigenvalue weighted by Crippen LogP contribution is 2.32. The molecule has 1 N–H and O–H groups in total. The molecule has 30 heavy (non-hydrogen) atoms. The molecule has 2 fully saturated rings. The van der Waals surface area contributed by atoms with Crippen molar-refractivity contribution in [2.45, 2.75) is 56.4 Å². The molecule has 2 saturated carbocycles. The van der Waals surface area contributed by atoms with Gasteiger partial charge in [0, 0.05) is 24.9 Å². The second kappa shape index (κ2) is 10.1. The number of ether oxygens (including phenoxy) is 4. The Hall–Kier alpha value is -1.62. The number of hydrogen-bond acceptors (Lipinski definition) is 5. The zero-order valence-corrected chi connectivity index (χ0v) is 16.7. The molecule has 1 amide bonds. The van der Waals surface area contributed by atoms with Crippen LogP contribution in [0.15, 0.2) is 18.2 Å². The van der Waals surface area contributed by atoms with Crippen molar-refractivity contribution in [2.24, 2.45) is 0 Å². The van der Waals surface area contributed by atoms with Gasteiger partial charge in [-0.05, 0) is 25.0 Å². The molecule has 0 aromatic heterocycles. The van der Waals surface area contributed by atoms with Gasteiger partial charge in [0.2, 0.25) is 0 Å². The summed E-state index contributed by atoms with van der Waals surface area (Å²) in [5.41, 5.74) is 0. The van der Waals surface area contributed by atoms with E-state index in [9.17, 15) is 22.4 Å². The Morgan fingerprint density at radius 3 is 2.30 bits per heavy atom. The molecule has 0 bridgehead atoms. The smallest absolute Gasteiger partial charge is 0.484 e. The van der Waals surface area contributed by atoms with Crippen molar-refractivity contribution in [1.29, 1.82) is 0 Å². The Balaban J connectivity index is 1.18. The summed E-state index contributed by atoms with van der Waals surface area (Å²) < 4.78 is 69.5. The fourth-order valence-corrected chi connectivity index (χ4v) is 3.29. The van der Waals surface area contributed by atoms with Gasteiger partial charge in [-0.25, -0.2) is 4.39 Å². The third kappa shape index (κ3) is 7.26. The number of nitrogens with one attached hydrogen (secondary N) is 1. The minimum atomic E-state index is -4.60. The molecule has 11 heteroatoms. The first-order valence-corrected chi connectivity index (χ1v) is 9.90. The first kappa shape index (κ1) is 23.1. The number of alkyl halides is 3. The number of benzene rings is 1. The molecule has 1 aromatic carbocycles. The Morgan fingerprint density at radius 2 is 1.70 bits per heavy atom. The number of carbonyl (C=O) groups excluding carboxylic acids is 1. The van der Waals surface area contributed by atoms with Gasteiger partial charge < -0.3 is 19.5 Å². The van der Waals surface area contributed by atoms with Crippen molar-refractivity contribution >= 4 is 17.5 Å². The Bertz CT molecular complexity index is 723. The summed E-state index contributed by atoms with van der Waals surface area (Å²) >= 11 is 5.58. The molecule has 0 saturated heterocycles. The highest BCUT2D eigenvalue weighted by molar-refractivity contribution is 6.30. The lowest BCUT2D eigenvalue weighted by Crippen LogP contribution is -2.49. The zero-order valence-electron chi connectivity index (χ0n) is 15.9. The topological polar surface area (TPSA) is 66.0 Å². The number of hydrogen-bond donors (Lipinski definition) is 1. The molecule has 6 nitrogen and oxygen atoms in total. The average molecular weight is 456 g/mol. The van der Waals surface area contributed by atoms with Crippen LogP contribution in [0.3, 0.4) is 0 Å². The predicted octanol–water partition coefficient (Wildman–Crippen LogP) is 3.61. The van der Waals surface area contributed by atoms with Gasteiger partial charge in [-0.2, -0.15) is 0 Å². The van der Waals surface area contributed by atoms with Crippen LogP contribution in [-0.4, -0.2) is 56.4 Å². The molecule has 168 valence electrons. The first-order chi connectivity index (χ1) is 14.2. The molecule has 0 radical (unpaired) electrons. The van der Waals surface area contributed by atoms with E-state index in [2.05, 4.69) is 10.1 Å². The van der Waals surface area contributed by atoms with Crippen LogP contribution >= 0.6 is 11.6 Å². The maximum Gasteiger partial charge on any atom is 0.522 e. The van der Waals surface area contributed by atoms with Crippen molar-refractivity contribution in [3.63, 3.8) is 0 Å². The fourth-order valence-electron chi connectivity index (χ4n) is 3.17. The highest BCUT2D eigenvalue weighted by atomic mass is 35.5. The Morgan fingerprint density at radius 1 is 1.07 bits per heavy atom. The summed E-state index contributed by atoms with van der Waals surface area (Å²) in [6.45, 7) is 0.387. The number of halogens is 5. The van der Waals surface area contributed by atoms with Crippen LogP contribution in [0.5, 0.6) is 5.75 Å². The SMILES string of the molecule is O=C(COc1ccc(Cl)c(F)c1)N[C@H]1C[C@H](OCCO[C@H]2C[C@H](OC(F)(F)F)C2)C1. The highest BCUT2D eigenvalue weighted by Gasteiger charge is 2.40. The summed E-state index contributed by atoms with van der Waals surface area (Å²) in [5, 5.41) is 2.77. The van der Waals surface area contributed by atoms with Crippen LogP contribution in [0, 0.1) is 5.82 Å². The van der Waals surface area contributed by atoms with Gasteiger partial charge in [0.15, 0.2) is 6.61 Å². The van der Waals surface area contributed by atoms with E-state index in [1.807, 2.05) is 0 Å². The largest absolute Gasteiger partial charge is 0.522 e. The first-order valence-electron chi connectivity index (χ1n) is 9.53. The monoisotopic (exact) mass is 455 g/mol. The quantitative estimate of drug-likeness (QED) is 0.431. The van der Waals surface area contributed by atoms with Gasteiger partial charge in [-0.1, -0.05) is 11.6 Å². The molecule has 0 unspecified atom stereocenters. The van der Waals surface area contributed by atoms with Gasteiger partial charge in [-0.15, -0.1) is 13.2 Å². The van der Waals surface area contributed by atoms with Gasteiger partial charge >= 0.3 is 6.36 Å². The van der Waals surface area contributed by atoms with Crippen LogP contribution in [0.1, 0.15) is 25.7 Å². The Kier molecular flexibility index (Phi) is 7.78. The van der Waals surface area contributed by atoms with Crippen molar-refractivity contribution < 1.29 is 41.3 Å². The summed E-state index contributed by atoms with van der Waals surface area (Å²) in [5.74, 6) is -0.730. The molecular weight excluding hydrogens is 434 g/mol. The van der Waals surface area contributed by atoms with E-state index in [0.717, 1.165) is 6.07 Å². The number of rotatable bonds is 10. The lowest BCUT2D eigenvalue weighted by Gasteiger charge is -2.37. The lowest BCUT2D eigenvalue weighted by molar-refractivity contribution is -0.357. The molecule has 0 atom stereocenters. The van der Waals surface area contributed by atoms with Crippen LogP contribution in [0.25, 0.3) is 0 Å². The molecule has 0 heterocycles. The van der Waals surface area contributed by atoms with Crippen LogP contribution in [0.4, 0.5) is 17.6 Å². The van der Waals surface area contributed by atoms with Crippen LogP contribution in [0.2, 0.25) is 5.02 Å². The molecule has 2 aliphatic rings. The fraction of sp³-hybridized carbons (Fsp3) is 0.632. The third-order valence-electron chi connectivity index (χ3n) is 4.86. The van der Waals surface area contributed by atoms with E-state index in [4.69, 9.17) is 25.8 Å². The zero-order chi connectivity index (χ0) is 21.7. The average Bonchev–Trinajstić information content (AvgIpc) is 2.60. The van der Waals surface area contributed by atoms with Crippen molar-refractivity contribution in [1.82, 2.24) is 5.32 Å². The maximum absolute atomic E-state index is 13.3. The second-order valence-corrected chi connectivity index (χ2v) is 7.65. The van der Waals surface area contributed by atoms with Crippen molar-refractivity contribution in [2.75, 3.05) is 19.8 Å². The van der Waals surface area contributed by atoms with Crippen molar-refractivity contribution in [3.05, 3.63) is 29.0 Å². The molecule has 1 aromatic rings. The second-order valence-electron chi connectivity index (χ2n) is 7.24. The van der Waals surface area contributed by atoms with E-state index in [1.165, 1.54) is 12.1 Å². The standard InChI is InChI=1S/C19H22ClF4NO5/c20-16-2-1-12(9-17(16)21)29-10-18(26)25-11-5-13(6-11)27-3-4-28-14-7-15(8-14)30-19(22,23)24/h1-2,9,11,13-15H,3-8,10H2,(H,25,26)/t11-,13-,14-,15-. The van der Waals surface area contributed by atoms with E-state index in [0.29, 0.717) is 26.1 Å². The third-order valence-corrected chi connectivity index (χ3v) is 5.17. The minimum Gasteiger partial charge on any atom is -0.484 e. The van der Waals surface area contributed by atoms with E-state index in [-0.39, 0.29) is 54.4 Å². The molecule has 0 aliphatic heterocycles. The number of carbonyl (C=O) groups is 1. The predicted molar refractivity (Wildman–Crippen MR) is 97.7 cm³/mol. The summed E-state index contributed by atoms with van der Waals surface area (Å²) in [4.78, 5) is 11.9. The van der Waals surface area contributed by atoms with Crippen LogP contribution < -0.4 is 10.1 Å². The lowest BCUT2D eigenvalue weighted by atomic mass is 9.89. The molecule has 0 spiro atoms. The minimum absolute atomic E-state index is 0.00659. The maximum atomic E-state index is 13.3. The van der Waals surface area contributed by atoms with Gasteiger partial charge in [0.25, 0.3) is 5.91 Å². The van der Waals surface area contributed by atoms with Gasteiger partial charge in [0.05, 0.1) is 36.5 Å². The molecular formula is C19H22ClF4NO5. The van der Waals surface area contributed by atoms with Gasteiger partial charge in [-0.3, -0.25) is 9.53 Å². The Labute approximate surface area is 175 Å².